The molecule has 0 aromatic carbocycles. The number of ether oxygens (including phenoxy) is 1. The minimum Gasteiger partial charge on any atom is -0.381 e. The highest BCUT2D eigenvalue weighted by molar-refractivity contribution is 5.36. The van der Waals surface area contributed by atoms with Crippen molar-refractivity contribution in [3.63, 3.8) is 0 Å². The summed E-state index contributed by atoms with van der Waals surface area (Å²) in [5, 5.41) is 3.57. The van der Waals surface area contributed by atoms with E-state index in [0.717, 1.165) is 31.6 Å². The molecule has 24 heavy (non-hydrogen) atoms. The lowest BCUT2D eigenvalue weighted by Crippen LogP contribution is -2.57. The summed E-state index contributed by atoms with van der Waals surface area (Å²) >= 11 is 0. The molecule has 132 valence electrons. The van der Waals surface area contributed by atoms with Crippen molar-refractivity contribution < 1.29 is 4.74 Å². The van der Waals surface area contributed by atoms with Crippen LogP contribution in [0.3, 0.4) is 0 Å². The number of rotatable bonds is 5. The Labute approximate surface area is 145 Å². The van der Waals surface area contributed by atoms with E-state index in [0.29, 0.717) is 12.0 Å². The Morgan fingerprint density at radius 3 is 2.62 bits per heavy atom. The van der Waals surface area contributed by atoms with Crippen LogP contribution in [0.2, 0.25) is 0 Å². The first kappa shape index (κ1) is 16.3. The van der Waals surface area contributed by atoms with Gasteiger partial charge < -0.3 is 10.1 Å². The first-order chi connectivity index (χ1) is 11.9. The highest BCUT2D eigenvalue weighted by Gasteiger charge is 2.34. The molecule has 0 amide bonds. The standard InChI is InChI=1S/C19H30N4O/c1-2-4-15(5-3-1)18-12-19(22-14-21-18)20-13-17-6-9-23(17)16-7-10-24-11-8-16/h12,14-17H,1-11,13H2,(H,20,21,22). The van der Waals surface area contributed by atoms with Crippen molar-refractivity contribution in [2.45, 2.75) is 69.4 Å². The number of nitrogens with one attached hydrogen (secondary N) is 1. The molecule has 3 heterocycles. The molecule has 1 aromatic heterocycles. The maximum atomic E-state index is 5.49. The zero-order chi connectivity index (χ0) is 16.2. The topological polar surface area (TPSA) is 50.3 Å². The predicted octanol–water partition coefficient (Wildman–Crippen LogP) is 3.19. The predicted molar refractivity (Wildman–Crippen MR) is 95.3 cm³/mol. The molecule has 0 radical (unpaired) electrons. The molecule has 4 rings (SSSR count). The molecule has 0 spiro atoms. The van der Waals surface area contributed by atoms with Gasteiger partial charge in [-0.1, -0.05) is 19.3 Å². The van der Waals surface area contributed by atoms with Crippen LogP contribution in [0.25, 0.3) is 0 Å². The quantitative estimate of drug-likeness (QED) is 0.898. The molecular weight excluding hydrogens is 300 g/mol. The van der Waals surface area contributed by atoms with Gasteiger partial charge in [0.25, 0.3) is 0 Å². The van der Waals surface area contributed by atoms with Gasteiger partial charge in [0.1, 0.15) is 12.1 Å². The van der Waals surface area contributed by atoms with Gasteiger partial charge in [0.15, 0.2) is 0 Å². The van der Waals surface area contributed by atoms with Crippen LogP contribution >= 0.6 is 0 Å². The number of nitrogens with zero attached hydrogens (tertiary/aromatic N) is 3. The second kappa shape index (κ2) is 7.79. The van der Waals surface area contributed by atoms with E-state index in [9.17, 15) is 0 Å². The molecule has 5 heteroatoms. The third kappa shape index (κ3) is 3.72. The zero-order valence-corrected chi connectivity index (χ0v) is 14.6. The lowest BCUT2D eigenvalue weighted by atomic mass is 9.87. The van der Waals surface area contributed by atoms with E-state index in [2.05, 4.69) is 26.3 Å². The lowest BCUT2D eigenvalue weighted by molar-refractivity contribution is -0.0189. The largest absolute Gasteiger partial charge is 0.381 e. The first-order valence-corrected chi connectivity index (χ1v) is 9.79. The van der Waals surface area contributed by atoms with E-state index >= 15 is 0 Å². The van der Waals surface area contributed by atoms with Crippen LogP contribution in [0.1, 0.15) is 63.0 Å². The monoisotopic (exact) mass is 330 g/mol. The van der Waals surface area contributed by atoms with Gasteiger partial charge in [-0.15, -0.1) is 0 Å². The second-order valence-corrected chi connectivity index (χ2v) is 7.57. The maximum absolute atomic E-state index is 5.49. The van der Waals surface area contributed by atoms with E-state index in [4.69, 9.17) is 4.74 Å². The summed E-state index contributed by atoms with van der Waals surface area (Å²) < 4.78 is 5.49. The average molecular weight is 330 g/mol. The number of aromatic nitrogens is 2. The van der Waals surface area contributed by atoms with Gasteiger partial charge in [0, 0.05) is 56.1 Å². The van der Waals surface area contributed by atoms with Gasteiger partial charge in [-0.3, -0.25) is 4.90 Å². The smallest absolute Gasteiger partial charge is 0.129 e. The Morgan fingerprint density at radius 1 is 1.04 bits per heavy atom. The molecule has 3 aliphatic rings. The van der Waals surface area contributed by atoms with Crippen molar-refractivity contribution in [2.75, 3.05) is 31.6 Å². The van der Waals surface area contributed by atoms with Crippen molar-refractivity contribution in [3.8, 4) is 0 Å². The number of hydrogen-bond acceptors (Lipinski definition) is 5. The van der Waals surface area contributed by atoms with Crippen molar-refractivity contribution in [1.29, 1.82) is 0 Å². The minimum atomic E-state index is 0.643. The molecule has 2 aliphatic heterocycles. The number of anilines is 1. The van der Waals surface area contributed by atoms with Gasteiger partial charge in [-0.05, 0) is 32.1 Å². The van der Waals surface area contributed by atoms with Crippen molar-refractivity contribution >= 4 is 5.82 Å². The summed E-state index contributed by atoms with van der Waals surface area (Å²) in [4.78, 5) is 11.6. The van der Waals surface area contributed by atoms with E-state index in [1.165, 1.54) is 63.6 Å². The molecule has 1 unspecified atom stereocenters. The molecule has 1 aromatic rings. The third-order valence-electron chi connectivity index (χ3n) is 6.08. The van der Waals surface area contributed by atoms with E-state index in [-0.39, 0.29) is 0 Å². The Bertz CT molecular complexity index is 526. The molecule has 1 atom stereocenters. The molecule has 3 fully saturated rings. The fourth-order valence-electron chi connectivity index (χ4n) is 4.49. The van der Waals surface area contributed by atoms with Gasteiger partial charge >= 0.3 is 0 Å². The van der Waals surface area contributed by atoms with Crippen LogP contribution in [-0.4, -0.2) is 53.3 Å². The number of hydrogen-bond donors (Lipinski definition) is 1. The van der Waals surface area contributed by atoms with Gasteiger partial charge in [-0.2, -0.15) is 0 Å². The zero-order valence-electron chi connectivity index (χ0n) is 14.6. The highest BCUT2D eigenvalue weighted by Crippen LogP contribution is 2.32. The summed E-state index contributed by atoms with van der Waals surface area (Å²) in [5.74, 6) is 1.65. The Hall–Kier alpha value is -1.20. The van der Waals surface area contributed by atoms with E-state index in [1.54, 1.807) is 6.33 Å². The fraction of sp³-hybridized carbons (Fsp3) is 0.789. The van der Waals surface area contributed by atoms with Crippen molar-refractivity contribution in [2.24, 2.45) is 0 Å². The van der Waals surface area contributed by atoms with Crippen molar-refractivity contribution in [1.82, 2.24) is 14.9 Å². The maximum Gasteiger partial charge on any atom is 0.129 e. The van der Waals surface area contributed by atoms with Crippen LogP contribution in [0, 0.1) is 0 Å². The molecule has 1 N–H and O–H groups in total. The molecule has 2 saturated heterocycles. The highest BCUT2D eigenvalue weighted by atomic mass is 16.5. The summed E-state index contributed by atoms with van der Waals surface area (Å²) in [5.41, 5.74) is 1.24. The SMILES string of the molecule is c1nc(NCC2CCN2C2CCOCC2)cc(C2CCCCC2)n1. The average Bonchev–Trinajstić information content (AvgIpc) is 2.63. The molecule has 1 aliphatic carbocycles. The van der Waals surface area contributed by atoms with Crippen LogP contribution in [-0.2, 0) is 4.74 Å². The fourth-order valence-corrected chi connectivity index (χ4v) is 4.49. The van der Waals surface area contributed by atoms with Crippen LogP contribution in [0.5, 0.6) is 0 Å². The summed E-state index contributed by atoms with van der Waals surface area (Å²) in [6, 6.07) is 3.57. The summed E-state index contributed by atoms with van der Waals surface area (Å²) in [6.45, 7) is 4.10. The first-order valence-electron chi connectivity index (χ1n) is 9.79. The van der Waals surface area contributed by atoms with Gasteiger partial charge in [0.05, 0.1) is 0 Å². The molecule has 1 saturated carbocycles. The normalized spacial score (nSPS) is 26.9. The minimum absolute atomic E-state index is 0.643. The third-order valence-corrected chi connectivity index (χ3v) is 6.08. The van der Waals surface area contributed by atoms with Crippen molar-refractivity contribution in [3.05, 3.63) is 18.1 Å². The Kier molecular flexibility index (Phi) is 5.28. The molecular formula is C19H30N4O. The molecule has 0 bridgehead atoms. The van der Waals surface area contributed by atoms with Crippen LogP contribution < -0.4 is 5.32 Å². The summed E-state index contributed by atoms with van der Waals surface area (Å²) in [7, 11) is 0. The summed E-state index contributed by atoms with van der Waals surface area (Å²) in [6.07, 6.45) is 12.1. The second-order valence-electron chi connectivity index (χ2n) is 7.57. The number of likely N-dealkylation sites (tertiary alicyclic amines) is 1. The lowest BCUT2D eigenvalue weighted by Gasteiger charge is -2.47. The van der Waals surface area contributed by atoms with Gasteiger partial charge in [0.2, 0.25) is 0 Å². The van der Waals surface area contributed by atoms with Crippen LogP contribution in [0.15, 0.2) is 12.4 Å². The van der Waals surface area contributed by atoms with E-state index < -0.39 is 0 Å². The Morgan fingerprint density at radius 2 is 1.88 bits per heavy atom. The molecule has 5 nitrogen and oxygen atoms in total. The van der Waals surface area contributed by atoms with Crippen LogP contribution in [0.4, 0.5) is 5.82 Å². The van der Waals surface area contributed by atoms with E-state index in [1.807, 2.05) is 0 Å². The van der Waals surface area contributed by atoms with Gasteiger partial charge in [-0.25, -0.2) is 9.97 Å². The Balaban J connectivity index is 1.31.